The van der Waals surface area contributed by atoms with E-state index in [9.17, 15) is 14.0 Å². The van der Waals surface area contributed by atoms with Crippen LogP contribution in [-0.2, 0) is 4.79 Å². The lowest BCUT2D eigenvalue weighted by Gasteiger charge is -2.14. The molecule has 0 bridgehead atoms. The first-order chi connectivity index (χ1) is 8.97. The summed E-state index contributed by atoms with van der Waals surface area (Å²) < 4.78 is 18.7. The highest BCUT2D eigenvalue weighted by Gasteiger charge is 2.26. The van der Waals surface area contributed by atoms with Crippen LogP contribution in [0.5, 0.6) is 5.75 Å². The van der Waals surface area contributed by atoms with E-state index in [-0.39, 0.29) is 17.7 Å². The van der Waals surface area contributed by atoms with Crippen molar-refractivity contribution in [2.75, 3.05) is 0 Å². The molecule has 1 aromatic rings. The summed E-state index contributed by atoms with van der Waals surface area (Å²) in [7, 11) is 0. The van der Waals surface area contributed by atoms with Gasteiger partial charge in [-0.2, -0.15) is 0 Å². The van der Waals surface area contributed by atoms with Crippen LogP contribution in [0.1, 0.15) is 30.1 Å². The molecule has 102 valence electrons. The number of rotatable bonds is 5. The fourth-order valence-electron chi connectivity index (χ4n) is 1.55. The first kappa shape index (κ1) is 13.3. The van der Waals surface area contributed by atoms with E-state index in [1.165, 1.54) is 6.07 Å². The standard InChI is InChI=1S/C13H14FNO4/c1-7(12(16)15-8-2-3-8)19-9-4-5-10(13(17)18)11(14)6-9/h4-8H,2-3H2,1H3,(H,15,16)(H,17,18). The predicted octanol–water partition coefficient (Wildman–Crippen LogP) is 1.57. The highest BCUT2D eigenvalue weighted by molar-refractivity contribution is 5.88. The van der Waals surface area contributed by atoms with Crippen LogP contribution in [0.25, 0.3) is 0 Å². The first-order valence-electron chi connectivity index (χ1n) is 5.97. The molecule has 19 heavy (non-hydrogen) atoms. The lowest BCUT2D eigenvalue weighted by Crippen LogP contribution is -2.37. The third-order valence-corrected chi connectivity index (χ3v) is 2.78. The van der Waals surface area contributed by atoms with Crippen LogP contribution in [0.4, 0.5) is 4.39 Å². The fourth-order valence-corrected chi connectivity index (χ4v) is 1.55. The Kier molecular flexibility index (Phi) is 3.69. The van der Waals surface area contributed by atoms with Gasteiger partial charge in [-0.25, -0.2) is 9.18 Å². The number of nitrogens with one attached hydrogen (secondary N) is 1. The summed E-state index contributed by atoms with van der Waals surface area (Å²) in [6.45, 7) is 1.56. The summed E-state index contributed by atoms with van der Waals surface area (Å²) in [5, 5.41) is 11.5. The molecule has 5 nitrogen and oxygen atoms in total. The van der Waals surface area contributed by atoms with Gasteiger partial charge in [0.15, 0.2) is 6.10 Å². The smallest absolute Gasteiger partial charge is 0.338 e. The van der Waals surface area contributed by atoms with Gasteiger partial charge in [-0.3, -0.25) is 4.79 Å². The quantitative estimate of drug-likeness (QED) is 0.849. The molecule has 2 N–H and O–H groups in total. The molecule has 0 spiro atoms. The summed E-state index contributed by atoms with van der Waals surface area (Å²) in [5.74, 6) is -2.37. The number of hydrogen-bond donors (Lipinski definition) is 2. The monoisotopic (exact) mass is 267 g/mol. The Morgan fingerprint density at radius 3 is 2.68 bits per heavy atom. The number of carbonyl (C=O) groups excluding carboxylic acids is 1. The molecule has 0 aromatic heterocycles. The van der Waals surface area contributed by atoms with E-state index in [2.05, 4.69) is 5.32 Å². The molecule has 6 heteroatoms. The number of carbonyl (C=O) groups is 2. The Morgan fingerprint density at radius 1 is 1.47 bits per heavy atom. The lowest BCUT2D eigenvalue weighted by molar-refractivity contribution is -0.127. The molecular formula is C13H14FNO4. The summed E-state index contributed by atoms with van der Waals surface area (Å²) >= 11 is 0. The summed E-state index contributed by atoms with van der Waals surface area (Å²) in [6.07, 6.45) is 1.19. The zero-order chi connectivity index (χ0) is 14.0. The number of halogens is 1. The van der Waals surface area contributed by atoms with E-state index < -0.39 is 23.5 Å². The molecule has 1 aromatic carbocycles. The minimum Gasteiger partial charge on any atom is -0.481 e. The molecule has 0 aliphatic heterocycles. The second-order valence-electron chi connectivity index (χ2n) is 4.49. The minimum absolute atomic E-state index is 0.126. The molecule has 0 radical (unpaired) electrons. The van der Waals surface area contributed by atoms with Crippen LogP contribution in [-0.4, -0.2) is 29.1 Å². The van der Waals surface area contributed by atoms with E-state index in [0.29, 0.717) is 0 Å². The van der Waals surface area contributed by atoms with Gasteiger partial charge in [-0.1, -0.05) is 0 Å². The summed E-state index contributed by atoms with van der Waals surface area (Å²) in [6, 6.07) is 3.63. The van der Waals surface area contributed by atoms with E-state index in [1.54, 1.807) is 6.92 Å². The van der Waals surface area contributed by atoms with Gasteiger partial charge < -0.3 is 15.2 Å². The molecular weight excluding hydrogens is 253 g/mol. The molecule has 1 atom stereocenters. The Labute approximate surface area is 109 Å². The van der Waals surface area contributed by atoms with E-state index in [1.807, 2.05) is 0 Å². The maximum absolute atomic E-state index is 13.4. The zero-order valence-corrected chi connectivity index (χ0v) is 10.4. The largest absolute Gasteiger partial charge is 0.481 e. The van der Waals surface area contributed by atoms with Crippen molar-refractivity contribution in [1.82, 2.24) is 5.32 Å². The van der Waals surface area contributed by atoms with Crippen molar-refractivity contribution < 1.29 is 23.8 Å². The molecule has 1 saturated carbocycles. The van der Waals surface area contributed by atoms with Crippen LogP contribution in [0.3, 0.4) is 0 Å². The van der Waals surface area contributed by atoms with Gasteiger partial charge in [0.2, 0.25) is 0 Å². The van der Waals surface area contributed by atoms with E-state index in [4.69, 9.17) is 9.84 Å². The van der Waals surface area contributed by atoms with Crippen LogP contribution < -0.4 is 10.1 Å². The van der Waals surface area contributed by atoms with Crippen molar-refractivity contribution in [3.63, 3.8) is 0 Å². The van der Waals surface area contributed by atoms with Crippen molar-refractivity contribution in [3.05, 3.63) is 29.6 Å². The fraction of sp³-hybridized carbons (Fsp3) is 0.385. The molecule has 1 aliphatic carbocycles. The van der Waals surface area contributed by atoms with Crippen molar-refractivity contribution in [2.45, 2.75) is 31.9 Å². The van der Waals surface area contributed by atoms with Crippen molar-refractivity contribution in [2.24, 2.45) is 0 Å². The summed E-state index contributed by atoms with van der Waals surface area (Å²) in [4.78, 5) is 22.3. The average molecular weight is 267 g/mol. The number of aromatic carboxylic acids is 1. The maximum Gasteiger partial charge on any atom is 0.338 e. The highest BCUT2D eigenvalue weighted by Crippen LogP contribution is 2.20. The van der Waals surface area contributed by atoms with Crippen molar-refractivity contribution in [1.29, 1.82) is 0 Å². The van der Waals surface area contributed by atoms with Gasteiger partial charge in [-0.15, -0.1) is 0 Å². The number of hydrogen-bond acceptors (Lipinski definition) is 3. The second-order valence-corrected chi connectivity index (χ2v) is 4.49. The Morgan fingerprint density at radius 2 is 2.16 bits per heavy atom. The number of carboxylic acids is 1. The molecule has 1 amide bonds. The number of amides is 1. The molecule has 1 fully saturated rings. The topological polar surface area (TPSA) is 75.6 Å². The molecule has 0 saturated heterocycles. The van der Waals surface area contributed by atoms with Crippen LogP contribution in [0.2, 0.25) is 0 Å². The molecule has 1 unspecified atom stereocenters. The number of carboxylic acid groups (broad SMARTS) is 1. The predicted molar refractivity (Wildman–Crippen MR) is 64.6 cm³/mol. The van der Waals surface area contributed by atoms with Gasteiger partial charge in [-0.05, 0) is 31.9 Å². The van der Waals surface area contributed by atoms with Gasteiger partial charge >= 0.3 is 5.97 Å². The Bertz CT molecular complexity index is 513. The first-order valence-corrected chi connectivity index (χ1v) is 5.97. The van der Waals surface area contributed by atoms with Gasteiger partial charge in [0.1, 0.15) is 11.6 Å². The summed E-state index contributed by atoms with van der Waals surface area (Å²) in [5.41, 5.74) is -0.428. The van der Waals surface area contributed by atoms with Crippen molar-refractivity contribution >= 4 is 11.9 Å². The highest BCUT2D eigenvalue weighted by atomic mass is 19.1. The number of benzene rings is 1. The normalized spacial score (nSPS) is 15.7. The molecule has 0 heterocycles. The second kappa shape index (κ2) is 5.26. The van der Waals surface area contributed by atoms with Crippen LogP contribution in [0, 0.1) is 5.82 Å². The third-order valence-electron chi connectivity index (χ3n) is 2.78. The van der Waals surface area contributed by atoms with Crippen molar-refractivity contribution in [3.8, 4) is 5.75 Å². The number of ether oxygens (including phenoxy) is 1. The molecule has 2 rings (SSSR count). The van der Waals surface area contributed by atoms with E-state index in [0.717, 1.165) is 25.0 Å². The third kappa shape index (κ3) is 3.43. The lowest BCUT2D eigenvalue weighted by atomic mass is 10.2. The maximum atomic E-state index is 13.4. The molecule has 1 aliphatic rings. The SMILES string of the molecule is CC(Oc1ccc(C(=O)O)c(F)c1)C(=O)NC1CC1. The van der Waals surface area contributed by atoms with Gasteiger partial charge in [0.25, 0.3) is 5.91 Å². The van der Waals surface area contributed by atoms with E-state index >= 15 is 0 Å². The van der Waals surface area contributed by atoms with Crippen LogP contribution >= 0.6 is 0 Å². The van der Waals surface area contributed by atoms with Gasteiger partial charge in [0.05, 0.1) is 5.56 Å². The van der Waals surface area contributed by atoms with Gasteiger partial charge in [0, 0.05) is 12.1 Å². The Hall–Kier alpha value is -2.11. The van der Waals surface area contributed by atoms with Crippen LogP contribution in [0.15, 0.2) is 18.2 Å². The zero-order valence-electron chi connectivity index (χ0n) is 10.4. The minimum atomic E-state index is -1.34. The average Bonchev–Trinajstić information content (AvgIpc) is 3.12. The Balaban J connectivity index is 1.99.